The van der Waals surface area contributed by atoms with E-state index < -0.39 is 6.09 Å². The third kappa shape index (κ3) is 4.49. The summed E-state index contributed by atoms with van der Waals surface area (Å²) in [4.78, 5) is 18.3. The number of carbonyl (C=O) groups excluding carboxylic acids is 1. The van der Waals surface area contributed by atoms with Crippen LogP contribution in [0.25, 0.3) is 0 Å². The number of nitrogens with zero attached hydrogens (tertiary/aromatic N) is 2. The molecule has 4 nitrogen and oxygen atoms in total. The number of terminal acetylenes is 1. The maximum absolute atomic E-state index is 12.8. The first-order chi connectivity index (χ1) is 12.8. The number of anilines is 1. The van der Waals surface area contributed by atoms with Gasteiger partial charge in [-0.05, 0) is 41.5 Å². The van der Waals surface area contributed by atoms with Gasteiger partial charge in [-0.25, -0.2) is 4.79 Å². The van der Waals surface area contributed by atoms with Gasteiger partial charge < -0.3 is 4.74 Å². The van der Waals surface area contributed by atoms with Gasteiger partial charge in [-0.15, -0.1) is 6.42 Å². The van der Waals surface area contributed by atoms with Gasteiger partial charge in [0.05, 0.1) is 6.54 Å². The molecule has 0 radical (unpaired) electrons. The fourth-order valence-electron chi connectivity index (χ4n) is 2.49. The van der Waals surface area contributed by atoms with Gasteiger partial charge in [-0.1, -0.05) is 42.3 Å². The van der Waals surface area contributed by atoms with Crippen LogP contribution in [0.4, 0.5) is 10.5 Å². The Bertz CT molecular complexity index is 902. The number of ether oxygens (including phenoxy) is 1. The van der Waals surface area contributed by atoms with Gasteiger partial charge in [0.1, 0.15) is 6.61 Å². The SMILES string of the molecule is C#Cc1cccc(N(Cc2ccncc2)C(=O)OCc2ccccc2)c1. The minimum atomic E-state index is -0.431. The van der Waals surface area contributed by atoms with E-state index >= 15 is 0 Å². The van der Waals surface area contributed by atoms with Crippen LogP contribution < -0.4 is 4.90 Å². The van der Waals surface area contributed by atoms with Crippen molar-refractivity contribution in [3.05, 3.63) is 95.8 Å². The lowest BCUT2D eigenvalue weighted by Crippen LogP contribution is -2.31. The lowest BCUT2D eigenvalue weighted by molar-refractivity contribution is 0.146. The molecule has 1 amide bonds. The highest BCUT2D eigenvalue weighted by Crippen LogP contribution is 2.20. The van der Waals surface area contributed by atoms with Crippen molar-refractivity contribution in [1.29, 1.82) is 0 Å². The molecule has 128 valence electrons. The topological polar surface area (TPSA) is 42.4 Å². The lowest BCUT2D eigenvalue weighted by atomic mass is 10.2. The predicted octanol–water partition coefficient (Wildman–Crippen LogP) is 4.41. The zero-order valence-electron chi connectivity index (χ0n) is 14.2. The highest BCUT2D eigenvalue weighted by Gasteiger charge is 2.18. The van der Waals surface area contributed by atoms with Crippen LogP contribution in [0.1, 0.15) is 16.7 Å². The quantitative estimate of drug-likeness (QED) is 0.645. The third-order valence-corrected chi connectivity index (χ3v) is 3.84. The van der Waals surface area contributed by atoms with E-state index in [9.17, 15) is 4.79 Å². The zero-order chi connectivity index (χ0) is 18.2. The number of benzene rings is 2. The molecule has 2 aromatic carbocycles. The first kappa shape index (κ1) is 17.2. The van der Waals surface area contributed by atoms with Crippen LogP contribution >= 0.6 is 0 Å². The predicted molar refractivity (Wildman–Crippen MR) is 101 cm³/mol. The van der Waals surface area contributed by atoms with E-state index in [1.807, 2.05) is 60.7 Å². The summed E-state index contributed by atoms with van der Waals surface area (Å²) < 4.78 is 5.51. The summed E-state index contributed by atoms with van der Waals surface area (Å²) in [6.07, 6.45) is 8.45. The van der Waals surface area contributed by atoms with Gasteiger partial charge in [0, 0.05) is 23.6 Å². The fourth-order valence-corrected chi connectivity index (χ4v) is 2.49. The van der Waals surface area contributed by atoms with Crippen LogP contribution in [0.15, 0.2) is 79.1 Å². The van der Waals surface area contributed by atoms with Crippen LogP contribution in [0.2, 0.25) is 0 Å². The van der Waals surface area contributed by atoms with E-state index in [2.05, 4.69) is 10.9 Å². The largest absolute Gasteiger partial charge is 0.444 e. The molecule has 0 atom stereocenters. The van der Waals surface area contributed by atoms with Crippen LogP contribution in [0.5, 0.6) is 0 Å². The van der Waals surface area contributed by atoms with E-state index in [0.29, 0.717) is 17.8 Å². The summed E-state index contributed by atoms with van der Waals surface area (Å²) >= 11 is 0. The van der Waals surface area contributed by atoms with Crippen LogP contribution in [-0.4, -0.2) is 11.1 Å². The van der Waals surface area contributed by atoms with E-state index in [1.54, 1.807) is 23.4 Å². The summed E-state index contributed by atoms with van der Waals surface area (Å²) in [6, 6.07) is 20.6. The maximum Gasteiger partial charge on any atom is 0.414 e. The van der Waals surface area contributed by atoms with E-state index in [1.165, 1.54) is 0 Å². The van der Waals surface area contributed by atoms with Crippen molar-refractivity contribution in [2.24, 2.45) is 0 Å². The fraction of sp³-hybridized carbons (Fsp3) is 0.0909. The lowest BCUT2D eigenvalue weighted by Gasteiger charge is -2.22. The number of carbonyl (C=O) groups is 1. The number of hydrogen-bond acceptors (Lipinski definition) is 3. The molecule has 0 saturated carbocycles. The normalized spacial score (nSPS) is 9.96. The van der Waals surface area contributed by atoms with Gasteiger partial charge in [0.25, 0.3) is 0 Å². The molecule has 0 N–H and O–H groups in total. The second-order valence-corrected chi connectivity index (χ2v) is 5.68. The minimum absolute atomic E-state index is 0.210. The molecular formula is C22H18N2O2. The van der Waals surface area contributed by atoms with Crippen molar-refractivity contribution in [1.82, 2.24) is 4.98 Å². The summed E-state index contributed by atoms with van der Waals surface area (Å²) in [5.74, 6) is 2.59. The Kier molecular flexibility index (Phi) is 5.64. The minimum Gasteiger partial charge on any atom is -0.444 e. The van der Waals surface area contributed by atoms with Crippen LogP contribution in [-0.2, 0) is 17.9 Å². The Hall–Kier alpha value is -3.58. The molecule has 0 aliphatic rings. The molecule has 0 saturated heterocycles. The summed E-state index contributed by atoms with van der Waals surface area (Å²) in [5, 5.41) is 0. The van der Waals surface area contributed by atoms with Crippen molar-refractivity contribution >= 4 is 11.8 Å². The standard InChI is InChI=1S/C22H18N2O2/c1-2-18-9-6-10-21(15-18)24(16-19-11-13-23-14-12-19)22(25)26-17-20-7-4-3-5-8-20/h1,3-15H,16-17H2. The first-order valence-electron chi connectivity index (χ1n) is 8.20. The Morgan fingerprint density at radius 1 is 1.00 bits per heavy atom. The molecule has 4 heteroatoms. The second-order valence-electron chi connectivity index (χ2n) is 5.68. The molecule has 0 fully saturated rings. The van der Waals surface area contributed by atoms with E-state index in [0.717, 1.165) is 11.1 Å². The second kappa shape index (κ2) is 8.50. The number of aromatic nitrogens is 1. The Morgan fingerprint density at radius 2 is 1.77 bits per heavy atom. The van der Waals surface area contributed by atoms with Gasteiger partial charge in [0.2, 0.25) is 0 Å². The first-order valence-corrected chi connectivity index (χ1v) is 8.20. The number of amides is 1. The van der Waals surface area contributed by atoms with Crippen molar-refractivity contribution in [2.45, 2.75) is 13.2 Å². The molecule has 1 heterocycles. The van der Waals surface area contributed by atoms with Crippen LogP contribution in [0.3, 0.4) is 0 Å². The highest BCUT2D eigenvalue weighted by molar-refractivity contribution is 5.87. The van der Waals surface area contributed by atoms with E-state index in [-0.39, 0.29) is 6.61 Å². The van der Waals surface area contributed by atoms with Gasteiger partial charge in [-0.3, -0.25) is 9.88 Å². The maximum atomic E-state index is 12.8. The number of rotatable bonds is 5. The molecule has 0 unspecified atom stereocenters. The summed E-state index contributed by atoms with van der Waals surface area (Å²) in [5.41, 5.74) is 3.28. The molecule has 3 aromatic rings. The number of hydrogen-bond donors (Lipinski definition) is 0. The molecule has 3 rings (SSSR count). The average Bonchev–Trinajstić information content (AvgIpc) is 2.72. The highest BCUT2D eigenvalue weighted by atomic mass is 16.6. The molecule has 26 heavy (non-hydrogen) atoms. The number of pyridine rings is 1. The molecule has 0 aliphatic heterocycles. The smallest absolute Gasteiger partial charge is 0.414 e. The molecule has 0 bridgehead atoms. The Labute approximate surface area is 153 Å². The van der Waals surface area contributed by atoms with Crippen molar-refractivity contribution in [2.75, 3.05) is 4.90 Å². The van der Waals surface area contributed by atoms with Gasteiger partial charge in [-0.2, -0.15) is 0 Å². The summed E-state index contributed by atoms with van der Waals surface area (Å²) in [6.45, 7) is 0.575. The average molecular weight is 342 g/mol. The molecule has 1 aromatic heterocycles. The summed E-state index contributed by atoms with van der Waals surface area (Å²) in [7, 11) is 0. The van der Waals surface area contributed by atoms with Crippen molar-refractivity contribution < 1.29 is 9.53 Å². The molecule has 0 aliphatic carbocycles. The van der Waals surface area contributed by atoms with E-state index in [4.69, 9.17) is 11.2 Å². The van der Waals surface area contributed by atoms with Gasteiger partial charge in [0.15, 0.2) is 0 Å². The Morgan fingerprint density at radius 3 is 2.50 bits per heavy atom. The molecule has 0 spiro atoms. The Balaban J connectivity index is 1.82. The van der Waals surface area contributed by atoms with Gasteiger partial charge >= 0.3 is 6.09 Å². The van der Waals surface area contributed by atoms with Crippen LogP contribution in [0, 0.1) is 12.3 Å². The van der Waals surface area contributed by atoms with Crippen molar-refractivity contribution in [3.8, 4) is 12.3 Å². The molecular weight excluding hydrogens is 324 g/mol. The monoisotopic (exact) mass is 342 g/mol. The third-order valence-electron chi connectivity index (χ3n) is 3.84. The van der Waals surface area contributed by atoms with Crippen molar-refractivity contribution in [3.63, 3.8) is 0 Å². The zero-order valence-corrected chi connectivity index (χ0v) is 14.2.